The van der Waals surface area contributed by atoms with Gasteiger partial charge in [-0.1, -0.05) is 22.0 Å². The zero-order valence-corrected chi connectivity index (χ0v) is 16.3. The SMILES string of the molecule is O=C(NCC(F)F)[C@H](Nc1ccc2c(c1)CNC2)c1cc(Br)cc2cn[nH]c12. The van der Waals surface area contributed by atoms with E-state index in [1.807, 2.05) is 24.3 Å². The maximum atomic E-state index is 12.8. The fourth-order valence-electron chi connectivity index (χ4n) is 3.39. The minimum Gasteiger partial charge on any atom is -0.370 e. The first kappa shape index (κ1) is 18.8. The van der Waals surface area contributed by atoms with E-state index in [1.165, 1.54) is 5.56 Å². The van der Waals surface area contributed by atoms with Crippen LogP contribution in [0.2, 0.25) is 0 Å². The van der Waals surface area contributed by atoms with Crippen molar-refractivity contribution in [1.82, 2.24) is 20.8 Å². The van der Waals surface area contributed by atoms with E-state index >= 15 is 0 Å². The molecule has 0 bridgehead atoms. The van der Waals surface area contributed by atoms with E-state index in [0.717, 1.165) is 34.2 Å². The molecule has 0 radical (unpaired) electrons. The highest BCUT2D eigenvalue weighted by atomic mass is 79.9. The van der Waals surface area contributed by atoms with Gasteiger partial charge in [0, 0.05) is 34.2 Å². The number of nitrogens with zero attached hydrogens (tertiary/aromatic N) is 1. The zero-order chi connectivity index (χ0) is 19.7. The molecule has 6 nitrogen and oxygen atoms in total. The van der Waals surface area contributed by atoms with Crippen LogP contribution in [0.15, 0.2) is 41.0 Å². The minimum absolute atomic E-state index is 0.534. The van der Waals surface area contributed by atoms with Crippen molar-refractivity contribution >= 4 is 38.4 Å². The highest BCUT2D eigenvalue weighted by molar-refractivity contribution is 9.10. The molecule has 1 atom stereocenters. The normalized spacial score (nSPS) is 14.3. The van der Waals surface area contributed by atoms with Gasteiger partial charge in [0.2, 0.25) is 5.91 Å². The van der Waals surface area contributed by atoms with Gasteiger partial charge in [0.25, 0.3) is 6.43 Å². The second-order valence-corrected chi connectivity index (χ2v) is 7.55. The summed E-state index contributed by atoms with van der Waals surface area (Å²) in [7, 11) is 0. The van der Waals surface area contributed by atoms with Crippen LogP contribution in [0, 0.1) is 0 Å². The number of amides is 1. The van der Waals surface area contributed by atoms with Gasteiger partial charge in [0.1, 0.15) is 6.04 Å². The van der Waals surface area contributed by atoms with E-state index in [9.17, 15) is 13.6 Å². The lowest BCUT2D eigenvalue weighted by molar-refractivity contribution is -0.122. The molecule has 28 heavy (non-hydrogen) atoms. The molecule has 1 aromatic heterocycles. The van der Waals surface area contributed by atoms with E-state index in [0.29, 0.717) is 11.1 Å². The molecule has 0 saturated carbocycles. The second-order valence-electron chi connectivity index (χ2n) is 6.63. The largest absolute Gasteiger partial charge is 0.370 e. The fraction of sp³-hybridized carbons (Fsp3) is 0.263. The lowest BCUT2D eigenvalue weighted by atomic mass is 10.0. The zero-order valence-electron chi connectivity index (χ0n) is 14.7. The molecule has 146 valence electrons. The third kappa shape index (κ3) is 3.85. The summed E-state index contributed by atoms with van der Waals surface area (Å²) in [5.41, 5.74) is 4.40. The van der Waals surface area contributed by atoms with Crippen molar-refractivity contribution in [2.24, 2.45) is 0 Å². The quantitative estimate of drug-likeness (QED) is 0.464. The number of carbonyl (C=O) groups is 1. The average Bonchev–Trinajstić information content (AvgIpc) is 3.32. The molecule has 0 unspecified atom stereocenters. The van der Waals surface area contributed by atoms with Crippen LogP contribution in [0.25, 0.3) is 10.9 Å². The Balaban J connectivity index is 1.71. The topological polar surface area (TPSA) is 81.8 Å². The van der Waals surface area contributed by atoms with Crippen LogP contribution in [-0.2, 0) is 17.9 Å². The van der Waals surface area contributed by atoms with Gasteiger partial charge in [-0.3, -0.25) is 9.89 Å². The van der Waals surface area contributed by atoms with E-state index < -0.39 is 24.9 Å². The van der Waals surface area contributed by atoms with Crippen LogP contribution in [0.4, 0.5) is 14.5 Å². The molecule has 1 aliphatic rings. The highest BCUT2D eigenvalue weighted by Gasteiger charge is 2.25. The predicted molar refractivity (Wildman–Crippen MR) is 106 cm³/mol. The van der Waals surface area contributed by atoms with Gasteiger partial charge in [-0.15, -0.1) is 0 Å². The van der Waals surface area contributed by atoms with Crippen LogP contribution < -0.4 is 16.0 Å². The summed E-state index contributed by atoms with van der Waals surface area (Å²) in [4.78, 5) is 12.8. The number of carbonyl (C=O) groups excluding carboxylic acids is 1. The molecule has 0 fully saturated rings. The van der Waals surface area contributed by atoms with Crippen LogP contribution >= 0.6 is 15.9 Å². The Hall–Kier alpha value is -2.52. The molecule has 0 saturated heterocycles. The number of aromatic nitrogens is 2. The Morgan fingerprint density at radius 3 is 2.86 bits per heavy atom. The van der Waals surface area contributed by atoms with Gasteiger partial charge in [-0.2, -0.15) is 5.10 Å². The number of rotatable bonds is 6. The summed E-state index contributed by atoms with van der Waals surface area (Å²) in [5.74, 6) is -0.534. The van der Waals surface area contributed by atoms with Crippen LogP contribution in [0.3, 0.4) is 0 Å². The molecular weight excluding hydrogens is 432 g/mol. The number of nitrogens with one attached hydrogen (secondary N) is 4. The Morgan fingerprint density at radius 2 is 2.04 bits per heavy atom. The Bertz CT molecular complexity index is 1020. The van der Waals surface area contributed by atoms with Crippen molar-refractivity contribution in [3.8, 4) is 0 Å². The Labute approximate surface area is 168 Å². The lowest BCUT2D eigenvalue weighted by Gasteiger charge is -2.21. The van der Waals surface area contributed by atoms with Gasteiger partial charge < -0.3 is 16.0 Å². The molecule has 0 aliphatic carbocycles. The first-order chi connectivity index (χ1) is 13.5. The van der Waals surface area contributed by atoms with Gasteiger partial charge in [-0.05, 0) is 35.4 Å². The van der Waals surface area contributed by atoms with E-state index in [2.05, 4.69) is 42.1 Å². The maximum Gasteiger partial charge on any atom is 0.255 e. The van der Waals surface area contributed by atoms with E-state index in [-0.39, 0.29) is 0 Å². The molecular formula is C19H18BrF2N5O. The van der Waals surface area contributed by atoms with Gasteiger partial charge in [-0.25, -0.2) is 8.78 Å². The first-order valence-electron chi connectivity index (χ1n) is 8.78. The number of halogens is 3. The smallest absolute Gasteiger partial charge is 0.255 e. The van der Waals surface area contributed by atoms with Crippen molar-refractivity contribution in [1.29, 1.82) is 0 Å². The van der Waals surface area contributed by atoms with E-state index in [4.69, 9.17) is 0 Å². The van der Waals surface area contributed by atoms with Crippen LogP contribution in [0.5, 0.6) is 0 Å². The average molecular weight is 450 g/mol. The van der Waals surface area contributed by atoms with Crippen molar-refractivity contribution in [3.63, 3.8) is 0 Å². The molecule has 4 rings (SSSR count). The molecule has 1 aliphatic heterocycles. The van der Waals surface area contributed by atoms with Crippen LogP contribution in [-0.4, -0.2) is 29.1 Å². The summed E-state index contributed by atoms with van der Waals surface area (Å²) < 4.78 is 26.0. The summed E-state index contributed by atoms with van der Waals surface area (Å²) in [5, 5.41) is 16.5. The number of alkyl halides is 2. The second kappa shape index (κ2) is 7.84. The van der Waals surface area contributed by atoms with Gasteiger partial charge in [0.05, 0.1) is 18.3 Å². The Morgan fingerprint density at radius 1 is 1.21 bits per heavy atom. The predicted octanol–water partition coefficient (Wildman–Crippen LogP) is 3.46. The van der Waals surface area contributed by atoms with Crippen molar-refractivity contribution in [2.45, 2.75) is 25.6 Å². The summed E-state index contributed by atoms with van der Waals surface area (Å²) in [6, 6.07) is 8.66. The number of hydrogen-bond donors (Lipinski definition) is 4. The number of aromatic amines is 1. The first-order valence-corrected chi connectivity index (χ1v) is 9.58. The van der Waals surface area contributed by atoms with Crippen molar-refractivity contribution in [3.05, 3.63) is 57.7 Å². The van der Waals surface area contributed by atoms with E-state index in [1.54, 1.807) is 12.3 Å². The number of fused-ring (bicyclic) bond motifs is 2. The molecule has 1 amide bonds. The maximum absolute atomic E-state index is 12.8. The molecule has 4 N–H and O–H groups in total. The molecule has 2 heterocycles. The summed E-state index contributed by atoms with van der Waals surface area (Å²) >= 11 is 3.44. The van der Waals surface area contributed by atoms with Gasteiger partial charge >= 0.3 is 0 Å². The highest BCUT2D eigenvalue weighted by Crippen LogP contribution is 2.30. The third-order valence-electron chi connectivity index (χ3n) is 4.70. The summed E-state index contributed by atoms with van der Waals surface area (Å²) in [6.45, 7) is 0.869. The monoisotopic (exact) mass is 449 g/mol. The third-order valence-corrected chi connectivity index (χ3v) is 5.15. The fourth-order valence-corrected chi connectivity index (χ4v) is 3.88. The lowest BCUT2D eigenvalue weighted by Crippen LogP contribution is -2.36. The number of anilines is 1. The minimum atomic E-state index is -2.62. The Kier molecular flexibility index (Phi) is 5.27. The molecule has 2 aromatic carbocycles. The standard InChI is InChI=1S/C19H18BrF2N5O/c20-13-3-12-8-25-27-17(12)15(5-13)18(19(28)24-9-16(21)22)26-14-2-1-10-6-23-7-11(10)4-14/h1-5,8,16,18,23,26H,6-7,9H2,(H,24,28)(H,25,27)/t18-/m1/s1. The summed E-state index contributed by atoms with van der Waals surface area (Å²) in [6.07, 6.45) is -0.968. The molecule has 9 heteroatoms. The van der Waals surface area contributed by atoms with Crippen molar-refractivity contribution < 1.29 is 13.6 Å². The molecule has 0 spiro atoms. The molecule has 3 aromatic rings. The number of hydrogen-bond acceptors (Lipinski definition) is 4. The van der Waals surface area contributed by atoms with Crippen LogP contribution in [0.1, 0.15) is 22.7 Å². The van der Waals surface area contributed by atoms with Crippen molar-refractivity contribution in [2.75, 3.05) is 11.9 Å². The number of H-pyrrole nitrogens is 1. The number of benzene rings is 2. The van der Waals surface area contributed by atoms with Gasteiger partial charge in [0.15, 0.2) is 0 Å².